The van der Waals surface area contributed by atoms with E-state index in [0.29, 0.717) is 20.7 Å². The Kier molecular flexibility index (Phi) is 9.08. The minimum Gasteiger partial charge on any atom is -0.509 e. The molecule has 7 aromatic rings. The summed E-state index contributed by atoms with van der Waals surface area (Å²) in [7, 11) is 0. The summed E-state index contributed by atoms with van der Waals surface area (Å²) in [5.74, 6) is 2.22. The van der Waals surface area contributed by atoms with Crippen molar-refractivity contribution < 1.29 is 25.8 Å². The zero-order valence-electron chi connectivity index (χ0n) is 34.0. The molecule has 0 radical (unpaired) electrons. The molecule has 0 N–H and O–H groups in total. The molecule has 9 rings (SSSR count). The first-order chi connectivity index (χ1) is 26.2. The first kappa shape index (κ1) is 38.3. The fourth-order valence-corrected chi connectivity index (χ4v) is 8.68. The summed E-state index contributed by atoms with van der Waals surface area (Å²) in [5.41, 5.74) is 10.7. The van der Waals surface area contributed by atoms with Crippen molar-refractivity contribution in [2.75, 3.05) is 0 Å². The summed E-state index contributed by atoms with van der Waals surface area (Å²) in [5, 5.41) is 2.28. The standard InChI is InChI=1S/C50H51N4O.Pt/c1-10-50(9,11-2)35-25-26-51-47(30-35)52-43-20-13-12-19-41(43)42-24-23-39(32-44(42)52)55-40-29-36(49(6,7)8)28-38(31-40)54-33-53(54,45-21-14-15-22-46(45)54)37-18-16-17-34(27-37)48(3,4)5;/h12-30,33H,10-11H2,1-9H3;/q-1;/t53-,54?;/m0./s1. The molecular formula is C50H51N4OPt-. The number of nitrogens with zero attached hydrogens (tertiary/aromatic N) is 4. The average molecular weight is 919 g/mol. The second kappa shape index (κ2) is 13.3. The number of ether oxygens (including phenoxy) is 1. The Morgan fingerprint density at radius 1 is 0.643 bits per heavy atom. The molecule has 0 amide bonds. The second-order valence-corrected chi connectivity index (χ2v) is 17.9. The topological polar surface area (TPSA) is 27.1 Å². The SMILES string of the molecule is CCC(C)(CC)c1ccnc(-n2c3[c-]c(Oc4[c-]c([N+]56[CH-][N@+]5(c5cccc(C(C)(C)C)c5)c5ccccc56)cc(C(C)(C)C)c4)ccc3c3ccccc32)c1.[Pt]. The van der Waals surface area contributed by atoms with Crippen LogP contribution in [0.2, 0.25) is 0 Å². The number of para-hydroxylation sites is 3. The number of rotatable bonds is 8. The number of aromatic nitrogens is 2. The van der Waals surface area contributed by atoms with Crippen molar-refractivity contribution in [3.05, 3.63) is 151 Å². The van der Waals surface area contributed by atoms with Gasteiger partial charge in [-0.15, -0.1) is 35.2 Å². The number of fused-ring (bicyclic) bond motifs is 7. The maximum Gasteiger partial charge on any atom is 0.225 e. The third-order valence-electron chi connectivity index (χ3n) is 12.6. The zero-order chi connectivity index (χ0) is 38.5. The molecule has 2 aliphatic heterocycles. The Balaban J connectivity index is 0.00000441. The van der Waals surface area contributed by atoms with E-state index in [4.69, 9.17) is 9.72 Å². The molecule has 56 heavy (non-hydrogen) atoms. The van der Waals surface area contributed by atoms with Crippen molar-refractivity contribution in [2.24, 2.45) is 0 Å². The number of benzene rings is 5. The monoisotopic (exact) mass is 918 g/mol. The van der Waals surface area contributed by atoms with Crippen molar-refractivity contribution >= 4 is 44.6 Å². The van der Waals surface area contributed by atoms with Crippen LogP contribution in [-0.4, -0.2) is 9.55 Å². The van der Waals surface area contributed by atoms with Gasteiger partial charge in [0.2, 0.25) is 11.4 Å². The van der Waals surface area contributed by atoms with E-state index in [1.165, 1.54) is 39.1 Å². The van der Waals surface area contributed by atoms with Gasteiger partial charge in [-0.1, -0.05) is 116 Å². The molecule has 2 aliphatic rings. The molecule has 5 nitrogen and oxygen atoms in total. The summed E-state index contributed by atoms with van der Waals surface area (Å²) in [6.07, 6.45) is 4.07. The number of hydrogen-bond acceptors (Lipinski definition) is 2. The van der Waals surface area contributed by atoms with Gasteiger partial charge >= 0.3 is 0 Å². The van der Waals surface area contributed by atoms with Crippen LogP contribution < -0.4 is 13.9 Å². The first-order valence-corrected chi connectivity index (χ1v) is 19.8. The predicted molar refractivity (Wildman–Crippen MR) is 228 cm³/mol. The Morgan fingerprint density at radius 2 is 1.34 bits per heavy atom. The molecule has 0 saturated carbocycles. The second-order valence-electron chi connectivity index (χ2n) is 17.9. The molecule has 0 bridgehead atoms. The molecule has 288 valence electrons. The summed E-state index contributed by atoms with van der Waals surface area (Å²) in [6.45, 7) is 22.9. The van der Waals surface area contributed by atoms with Gasteiger partial charge in [0.15, 0.2) is 12.4 Å². The van der Waals surface area contributed by atoms with E-state index >= 15 is 0 Å². The van der Waals surface area contributed by atoms with E-state index < -0.39 is 0 Å². The molecule has 1 saturated heterocycles. The number of pyridine rings is 1. The van der Waals surface area contributed by atoms with Crippen LogP contribution in [0.15, 0.2) is 115 Å². The van der Waals surface area contributed by atoms with Gasteiger partial charge in [0.05, 0.1) is 5.69 Å². The van der Waals surface area contributed by atoms with Crippen LogP contribution in [0.5, 0.6) is 11.5 Å². The Morgan fingerprint density at radius 3 is 2.05 bits per heavy atom. The van der Waals surface area contributed by atoms with Crippen molar-refractivity contribution in [1.82, 2.24) is 18.7 Å². The first-order valence-electron chi connectivity index (χ1n) is 19.8. The minimum atomic E-state index is -0.120. The van der Waals surface area contributed by atoms with Crippen LogP contribution in [0.1, 0.15) is 91.8 Å². The molecular weight excluding hydrogens is 868 g/mol. The van der Waals surface area contributed by atoms with E-state index in [1.807, 2.05) is 12.3 Å². The Hall–Kier alpha value is -4.54. The largest absolute Gasteiger partial charge is 0.509 e. The van der Waals surface area contributed by atoms with Gasteiger partial charge in [-0.05, 0) is 63.8 Å². The minimum absolute atomic E-state index is 0. The molecule has 2 aromatic heterocycles. The fourth-order valence-electron chi connectivity index (χ4n) is 8.68. The van der Waals surface area contributed by atoms with E-state index in [2.05, 4.69) is 189 Å². The van der Waals surface area contributed by atoms with Crippen molar-refractivity contribution in [1.29, 1.82) is 0 Å². The summed E-state index contributed by atoms with van der Waals surface area (Å²) in [4.78, 5) is 4.93. The average Bonchev–Trinajstić information content (AvgIpc) is 3.67. The fraction of sp³-hybridized carbons (Fsp3) is 0.280. The van der Waals surface area contributed by atoms with Crippen LogP contribution in [0.25, 0.3) is 27.6 Å². The normalized spacial score (nSPS) is 18.9. The van der Waals surface area contributed by atoms with E-state index in [-0.39, 0.29) is 37.3 Å². The van der Waals surface area contributed by atoms with E-state index in [9.17, 15) is 0 Å². The molecule has 6 heteroatoms. The Labute approximate surface area is 347 Å². The van der Waals surface area contributed by atoms with Crippen LogP contribution in [0, 0.1) is 18.8 Å². The van der Waals surface area contributed by atoms with Gasteiger partial charge in [-0.2, -0.15) is 10.7 Å². The summed E-state index contributed by atoms with van der Waals surface area (Å²) < 4.78 is 10.3. The number of hydrogen-bond donors (Lipinski definition) is 0. The molecule has 0 spiro atoms. The van der Waals surface area contributed by atoms with Gasteiger partial charge in [-0.3, -0.25) is 0 Å². The molecule has 5 aromatic carbocycles. The maximum absolute atomic E-state index is 6.86. The van der Waals surface area contributed by atoms with Crippen LogP contribution in [0.3, 0.4) is 0 Å². The molecule has 2 atom stereocenters. The van der Waals surface area contributed by atoms with Crippen LogP contribution >= 0.6 is 0 Å². The third kappa shape index (κ3) is 5.64. The molecule has 1 unspecified atom stereocenters. The molecule has 0 aliphatic carbocycles. The summed E-state index contributed by atoms with van der Waals surface area (Å²) in [6, 6.07) is 47.1. The molecule has 1 fully saturated rings. The summed E-state index contributed by atoms with van der Waals surface area (Å²) >= 11 is 0. The van der Waals surface area contributed by atoms with Crippen molar-refractivity contribution in [3.8, 4) is 17.3 Å². The number of quaternary nitrogens is 2. The zero-order valence-corrected chi connectivity index (χ0v) is 36.2. The van der Waals surface area contributed by atoms with E-state index in [0.717, 1.165) is 40.8 Å². The smallest absolute Gasteiger partial charge is 0.225 e. The van der Waals surface area contributed by atoms with Gasteiger partial charge < -0.3 is 9.30 Å². The van der Waals surface area contributed by atoms with E-state index in [1.54, 1.807) is 0 Å². The van der Waals surface area contributed by atoms with Crippen LogP contribution in [-0.2, 0) is 37.3 Å². The van der Waals surface area contributed by atoms with Gasteiger partial charge in [0.1, 0.15) is 5.82 Å². The van der Waals surface area contributed by atoms with Gasteiger partial charge in [0, 0.05) is 68.5 Å². The predicted octanol–water partition coefficient (Wildman–Crippen LogP) is 13.6. The van der Waals surface area contributed by atoms with Gasteiger partial charge in [0.25, 0.3) is 0 Å². The third-order valence-corrected chi connectivity index (χ3v) is 12.6. The van der Waals surface area contributed by atoms with Gasteiger partial charge in [-0.25, -0.2) is 9.58 Å². The van der Waals surface area contributed by atoms with Crippen molar-refractivity contribution in [3.63, 3.8) is 0 Å². The Bertz CT molecular complexity index is 2640. The van der Waals surface area contributed by atoms with Crippen LogP contribution in [0.4, 0.5) is 22.7 Å². The molecule has 4 heterocycles. The quantitative estimate of drug-likeness (QED) is 0.0863. The van der Waals surface area contributed by atoms with Crippen molar-refractivity contribution in [2.45, 2.75) is 91.4 Å². The maximum atomic E-state index is 6.86.